The van der Waals surface area contributed by atoms with Gasteiger partial charge in [-0.25, -0.2) is 0 Å². The summed E-state index contributed by atoms with van der Waals surface area (Å²) in [5.41, 5.74) is 4.81. The zero-order chi connectivity index (χ0) is 24.6. The van der Waals surface area contributed by atoms with Crippen LogP contribution in [-0.4, -0.2) is 19.8 Å². The molecule has 2 atom stereocenters. The number of hydrogen-bond donors (Lipinski definition) is 2. The van der Waals surface area contributed by atoms with E-state index in [9.17, 15) is 20.2 Å². The monoisotopic (exact) mass is 480 g/mol. The summed E-state index contributed by atoms with van der Waals surface area (Å²) >= 11 is 0. The maximum Gasteiger partial charge on any atom is 0.307 e. The van der Waals surface area contributed by atoms with Crippen LogP contribution in [0.1, 0.15) is 45.9 Å². The molecule has 0 saturated carbocycles. The van der Waals surface area contributed by atoms with Crippen molar-refractivity contribution < 1.29 is 18.7 Å². The summed E-state index contributed by atoms with van der Waals surface area (Å²) in [5.74, 6) is -0.115. The van der Waals surface area contributed by atoms with Crippen LogP contribution in [0.25, 0.3) is 21.8 Å². The molecule has 7 rings (SSSR count). The average Bonchev–Trinajstić information content (AvgIpc) is 3.66. The second kappa shape index (κ2) is 7.19. The van der Waals surface area contributed by atoms with E-state index in [0.717, 1.165) is 56.8 Å². The lowest BCUT2D eigenvalue weighted by molar-refractivity contribution is -0.385. The highest BCUT2D eigenvalue weighted by Gasteiger charge is 2.42. The molecule has 4 aromatic heterocycles. The van der Waals surface area contributed by atoms with Crippen LogP contribution in [0, 0.1) is 20.2 Å². The van der Waals surface area contributed by atoms with Crippen molar-refractivity contribution >= 4 is 33.2 Å². The van der Waals surface area contributed by atoms with Crippen LogP contribution in [0.15, 0.2) is 82.0 Å². The number of aromatic amines is 2. The smallest absolute Gasteiger partial charge is 0.307 e. The Morgan fingerprint density at radius 2 is 1.08 bits per heavy atom. The van der Waals surface area contributed by atoms with Crippen molar-refractivity contribution in [2.45, 2.75) is 11.8 Å². The van der Waals surface area contributed by atoms with E-state index in [0.29, 0.717) is 11.5 Å². The van der Waals surface area contributed by atoms with E-state index in [1.54, 1.807) is 0 Å². The summed E-state index contributed by atoms with van der Waals surface area (Å²) in [4.78, 5) is 29.0. The van der Waals surface area contributed by atoms with Crippen molar-refractivity contribution in [2.24, 2.45) is 0 Å². The molecule has 4 heterocycles. The van der Waals surface area contributed by atoms with Crippen LogP contribution in [-0.2, 0) is 0 Å². The Hall–Kier alpha value is -5.12. The molecule has 10 nitrogen and oxygen atoms in total. The molecule has 0 bridgehead atoms. The third-order valence-corrected chi connectivity index (χ3v) is 6.91. The van der Waals surface area contributed by atoms with Crippen LogP contribution in [0.3, 0.4) is 0 Å². The number of fused-ring (bicyclic) bond motifs is 6. The highest BCUT2D eigenvalue weighted by molar-refractivity contribution is 5.93. The first kappa shape index (κ1) is 20.3. The third kappa shape index (κ3) is 2.72. The third-order valence-electron chi connectivity index (χ3n) is 6.91. The van der Waals surface area contributed by atoms with Gasteiger partial charge in [-0.2, -0.15) is 0 Å². The molecule has 0 radical (unpaired) electrons. The molecule has 176 valence electrons. The molecule has 1 aliphatic carbocycles. The first-order valence-electron chi connectivity index (χ1n) is 11.2. The van der Waals surface area contributed by atoms with Gasteiger partial charge in [0.05, 0.1) is 33.8 Å². The lowest BCUT2D eigenvalue weighted by Crippen LogP contribution is -2.18. The molecule has 2 aromatic carbocycles. The van der Waals surface area contributed by atoms with Crippen molar-refractivity contribution in [3.63, 3.8) is 0 Å². The number of H-pyrrole nitrogens is 2. The fourth-order valence-corrected chi connectivity index (χ4v) is 5.48. The van der Waals surface area contributed by atoms with Gasteiger partial charge in [0.1, 0.15) is 11.5 Å². The minimum absolute atomic E-state index is 0.132. The first-order valence-corrected chi connectivity index (χ1v) is 11.2. The maximum atomic E-state index is 11.4. The van der Waals surface area contributed by atoms with Gasteiger partial charge in [0, 0.05) is 33.2 Å². The molecular weight excluding hydrogens is 464 g/mol. The van der Waals surface area contributed by atoms with Crippen molar-refractivity contribution in [1.29, 1.82) is 0 Å². The molecular formula is C26H16N4O6. The van der Waals surface area contributed by atoms with Crippen LogP contribution in [0.2, 0.25) is 0 Å². The van der Waals surface area contributed by atoms with E-state index >= 15 is 0 Å². The molecule has 2 N–H and O–H groups in total. The van der Waals surface area contributed by atoms with Crippen molar-refractivity contribution in [3.8, 4) is 0 Å². The number of rotatable bonds is 4. The van der Waals surface area contributed by atoms with Crippen molar-refractivity contribution in [1.82, 2.24) is 9.97 Å². The zero-order valence-corrected chi connectivity index (χ0v) is 18.4. The van der Waals surface area contributed by atoms with Gasteiger partial charge < -0.3 is 18.8 Å². The van der Waals surface area contributed by atoms with E-state index < -0.39 is 21.7 Å². The van der Waals surface area contributed by atoms with Crippen LogP contribution < -0.4 is 0 Å². The summed E-state index contributed by atoms with van der Waals surface area (Å²) in [6, 6.07) is 18.4. The summed E-state index contributed by atoms with van der Waals surface area (Å²) < 4.78 is 11.6. The second-order valence-corrected chi connectivity index (χ2v) is 8.79. The Morgan fingerprint density at radius 3 is 1.47 bits per heavy atom. The molecule has 0 aliphatic heterocycles. The highest BCUT2D eigenvalue weighted by atomic mass is 16.6. The fourth-order valence-electron chi connectivity index (χ4n) is 5.48. The fraction of sp³-hybridized carbons (Fsp3) is 0.0769. The molecule has 0 saturated heterocycles. The van der Waals surface area contributed by atoms with E-state index in [1.165, 1.54) is 12.1 Å². The number of hydrogen-bond acceptors (Lipinski definition) is 6. The summed E-state index contributed by atoms with van der Waals surface area (Å²) in [6.07, 6.45) is 2.29. The number of benzene rings is 2. The van der Waals surface area contributed by atoms with Gasteiger partial charge in [-0.1, -0.05) is 36.4 Å². The summed E-state index contributed by atoms with van der Waals surface area (Å²) in [7, 11) is 0. The summed E-state index contributed by atoms with van der Waals surface area (Å²) in [5, 5.41) is 24.7. The van der Waals surface area contributed by atoms with Gasteiger partial charge in [-0.05, 0) is 23.3 Å². The number of nitro groups is 2. The number of furan rings is 2. The second-order valence-electron chi connectivity index (χ2n) is 8.79. The van der Waals surface area contributed by atoms with Crippen LogP contribution >= 0.6 is 0 Å². The largest absolute Gasteiger partial charge is 0.461 e. The summed E-state index contributed by atoms with van der Waals surface area (Å²) in [6.45, 7) is 0. The van der Waals surface area contributed by atoms with Crippen molar-refractivity contribution in [2.75, 3.05) is 0 Å². The molecule has 1 aliphatic rings. The van der Waals surface area contributed by atoms with Gasteiger partial charge in [0.25, 0.3) is 0 Å². The normalized spacial score (nSPS) is 16.8. The molecule has 0 amide bonds. The number of nitrogens with one attached hydrogen (secondary N) is 2. The minimum atomic E-state index is -0.483. The number of para-hydroxylation sites is 2. The topological polar surface area (TPSA) is 144 Å². The van der Waals surface area contributed by atoms with Gasteiger partial charge in [-0.3, -0.25) is 20.2 Å². The van der Waals surface area contributed by atoms with E-state index in [-0.39, 0.29) is 11.4 Å². The van der Waals surface area contributed by atoms with Crippen LogP contribution in [0.5, 0.6) is 0 Å². The SMILES string of the molecule is O=[N+]([O-])c1coc(C2c3[nH]c4ccccc4c3C(c3cc([N+](=O)[O-])co3)c3[nH]c4ccccc4c32)c1. The molecule has 2 unspecified atom stereocenters. The molecule has 0 spiro atoms. The van der Waals surface area contributed by atoms with Gasteiger partial charge in [0.2, 0.25) is 0 Å². The van der Waals surface area contributed by atoms with Crippen molar-refractivity contribution in [3.05, 3.63) is 127 Å². The molecule has 0 fully saturated rings. The lowest BCUT2D eigenvalue weighted by atomic mass is 9.75. The molecule has 10 heteroatoms. The standard InChI is InChI=1S/C26H16N4O6/c31-29(32)13-9-19(35-11-13)23-21-15-5-1-3-7-17(15)27-25(21)24(20-10-14(12-36-20)30(33)34)22-16-6-2-4-8-18(16)28-26(22)23/h1-12,23-24,27-28H. The van der Waals surface area contributed by atoms with Gasteiger partial charge in [-0.15, -0.1) is 0 Å². The number of nitrogens with zero attached hydrogens (tertiary/aromatic N) is 2. The Bertz CT molecular complexity index is 1700. The van der Waals surface area contributed by atoms with Gasteiger partial charge >= 0.3 is 11.4 Å². The lowest BCUT2D eigenvalue weighted by Gasteiger charge is -2.28. The van der Waals surface area contributed by atoms with E-state index in [4.69, 9.17) is 8.83 Å². The zero-order valence-electron chi connectivity index (χ0n) is 18.4. The Labute approximate surface area is 201 Å². The van der Waals surface area contributed by atoms with Gasteiger partial charge in [0.15, 0.2) is 12.5 Å². The number of aromatic nitrogens is 2. The quantitative estimate of drug-likeness (QED) is 0.223. The Balaban J connectivity index is 1.59. The predicted octanol–water partition coefficient (Wildman–Crippen LogP) is 6.33. The Kier molecular flexibility index (Phi) is 4.05. The predicted molar refractivity (Wildman–Crippen MR) is 129 cm³/mol. The van der Waals surface area contributed by atoms with E-state index in [1.807, 2.05) is 48.5 Å². The first-order chi connectivity index (χ1) is 17.5. The van der Waals surface area contributed by atoms with Crippen LogP contribution in [0.4, 0.5) is 11.4 Å². The average molecular weight is 480 g/mol. The van der Waals surface area contributed by atoms with E-state index in [2.05, 4.69) is 9.97 Å². The highest BCUT2D eigenvalue weighted by Crippen LogP contribution is 2.53. The maximum absolute atomic E-state index is 11.4. The Morgan fingerprint density at radius 1 is 0.667 bits per heavy atom. The minimum Gasteiger partial charge on any atom is -0.461 e. The molecule has 6 aromatic rings. The molecule has 36 heavy (non-hydrogen) atoms.